The fourth-order valence-electron chi connectivity index (χ4n) is 3.64. The molecule has 0 bridgehead atoms. The number of carbonyl (C=O) groups excluding carboxylic acids is 1. The Labute approximate surface area is 220 Å². The molecule has 1 unspecified atom stereocenters. The second-order valence-electron chi connectivity index (χ2n) is 11.7. The molecule has 0 aliphatic rings. The summed E-state index contributed by atoms with van der Waals surface area (Å²) in [6.45, 7) is 24.0. The topological polar surface area (TPSA) is 44.8 Å². The number of aryl methyl sites for hydroxylation is 3. The van der Waals surface area contributed by atoms with Gasteiger partial charge in [0, 0.05) is 17.7 Å². The van der Waals surface area contributed by atoms with Gasteiger partial charge in [0.15, 0.2) is 5.52 Å². The fraction of sp³-hybridized carbons (Fsp3) is 0.536. The van der Waals surface area contributed by atoms with Crippen LogP contribution in [0, 0.1) is 20.8 Å². The summed E-state index contributed by atoms with van der Waals surface area (Å²) in [5.41, 5.74) is 2.72. The maximum absolute atomic E-state index is 13.6. The Balaban J connectivity index is 0.00000578. The van der Waals surface area contributed by atoms with Crippen molar-refractivity contribution in [2.45, 2.75) is 99.9 Å². The third-order valence-electron chi connectivity index (χ3n) is 4.44. The average molecular weight is 481 g/mol. The van der Waals surface area contributed by atoms with Crippen LogP contribution in [-0.2, 0) is 0 Å². The first-order chi connectivity index (χ1) is 14.8. The molecule has 0 N–H and O–H groups in total. The Morgan fingerprint density at radius 3 is 1.41 bits per heavy atom. The van der Waals surface area contributed by atoms with E-state index >= 15 is 0 Å². The number of benzene rings is 2. The Hall–Kier alpha value is -1.46. The molecule has 184 valence electrons. The van der Waals surface area contributed by atoms with Crippen LogP contribution in [0.15, 0.2) is 24.3 Å². The number of ether oxygens (including phenoxy) is 3. The minimum absolute atomic E-state index is 0. The normalized spacial score (nSPS) is 12.5. The summed E-state index contributed by atoms with van der Waals surface area (Å²) in [5, 5.41) is 0.769. The van der Waals surface area contributed by atoms with E-state index < -0.39 is 11.2 Å². The average Bonchev–Trinajstić information content (AvgIpc) is 2.52. The van der Waals surface area contributed by atoms with Gasteiger partial charge in [0.1, 0.15) is 34.1 Å². The molecule has 0 aliphatic heterocycles. The van der Waals surface area contributed by atoms with Crippen LogP contribution in [0.1, 0.15) is 89.4 Å². The second-order valence-corrected chi connectivity index (χ2v) is 12.9. The second kappa shape index (κ2) is 11.1. The van der Waals surface area contributed by atoms with Crippen molar-refractivity contribution in [2.75, 3.05) is 0 Å². The van der Waals surface area contributed by atoms with Gasteiger partial charge in [-0.05, 0) is 103 Å². The Morgan fingerprint density at radius 1 is 0.676 bits per heavy atom. The van der Waals surface area contributed by atoms with Crippen LogP contribution in [0.3, 0.4) is 0 Å². The first kappa shape index (κ1) is 30.6. The van der Waals surface area contributed by atoms with E-state index in [2.05, 4.69) is 19.1 Å². The van der Waals surface area contributed by atoms with E-state index in [-0.39, 0.29) is 38.6 Å². The van der Waals surface area contributed by atoms with Gasteiger partial charge in [-0.3, -0.25) is 4.79 Å². The van der Waals surface area contributed by atoms with Crippen molar-refractivity contribution < 1.29 is 19.0 Å². The molecule has 0 aliphatic carbocycles. The van der Waals surface area contributed by atoms with Crippen molar-refractivity contribution >= 4 is 38.3 Å². The number of hydrogen-bond donors (Lipinski definition) is 0. The van der Waals surface area contributed by atoms with Gasteiger partial charge < -0.3 is 14.2 Å². The summed E-state index contributed by atoms with van der Waals surface area (Å²) < 4.78 is 18.9. The van der Waals surface area contributed by atoms with E-state index in [0.29, 0.717) is 17.2 Å². The summed E-state index contributed by atoms with van der Waals surface area (Å²) in [6.07, 6.45) is 0. The molecule has 1 atom stereocenters. The van der Waals surface area contributed by atoms with E-state index in [1.165, 1.54) is 0 Å². The molecular weight excluding hydrogens is 438 g/mol. The molecule has 4 nitrogen and oxygen atoms in total. The van der Waals surface area contributed by atoms with Crippen LogP contribution < -0.4 is 19.5 Å². The first-order valence-electron chi connectivity index (χ1n) is 11.5. The minimum atomic E-state index is -0.447. The van der Waals surface area contributed by atoms with E-state index in [4.69, 9.17) is 14.2 Å². The molecule has 0 aromatic heterocycles. The van der Waals surface area contributed by atoms with Crippen LogP contribution in [0.4, 0.5) is 0 Å². The van der Waals surface area contributed by atoms with Crippen molar-refractivity contribution in [3.8, 4) is 17.2 Å². The SMILES string of the molecule is Cc1cc(C)c(C(=O)Pc2c(OC(C)(C)C)cc(OC(C)(C)C)cc2OC(C)(C)C)c(C)c1.[LiH]. The van der Waals surface area contributed by atoms with Gasteiger partial charge in [-0.25, -0.2) is 0 Å². The standard InChI is InChI=1S/C28H41O4P.Li.H/c1-17-13-18(2)23(19(3)14-17)25(29)33-24-21(31-27(7,8)9)15-20(30-26(4,5)6)16-22(24)32-28(10,11)12;;/h13-16,33H,1-12H3;;. The first-order valence-corrected chi connectivity index (χ1v) is 12.5. The van der Waals surface area contributed by atoms with Crippen LogP contribution in [-0.4, -0.2) is 41.2 Å². The molecule has 0 fully saturated rings. The quantitative estimate of drug-likeness (QED) is 0.343. The van der Waals surface area contributed by atoms with E-state index in [9.17, 15) is 4.79 Å². The van der Waals surface area contributed by atoms with Gasteiger partial charge >= 0.3 is 18.9 Å². The van der Waals surface area contributed by atoms with Crippen LogP contribution in [0.25, 0.3) is 0 Å². The Morgan fingerprint density at radius 2 is 1.06 bits per heavy atom. The zero-order chi connectivity index (χ0) is 25.4. The summed E-state index contributed by atoms with van der Waals surface area (Å²) >= 11 is 0. The van der Waals surface area contributed by atoms with Crippen molar-refractivity contribution in [1.82, 2.24) is 0 Å². The maximum atomic E-state index is 13.6. The Kier molecular flexibility index (Phi) is 9.95. The summed E-state index contributed by atoms with van der Waals surface area (Å²) in [4.78, 5) is 13.6. The molecule has 2 rings (SSSR count). The van der Waals surface area contributed by atoms with E-state index in [0.717, 1.165) is 27.6 Å². The van der Waals surface area contributed by atoms with Gasteiger partial charge in [0.2, 0.25) is 0 Å². The molecular formula is C28H42LiO4P. The van der Waals surface area contributed by atoms with Crippen LogP contribution in [0.2, 0.25) is 0 Å². The molecule has 2 aromatic carbocycles. The van der Waals surface area contributed by atoms with Crippen LogP contribution in [0.5, 0.6) is 17.2 Å². The van der Waals surface area contributed by atoms with Gasteiger partial charge in [-0.1, -0.05) is 17.7 Å². The number of hydrogen-bond acceptors (Lipinski definition) is 4. The third kappa shape index (κ3) is 9.30. The molecule has 34 heavy (non-hydrogen) atoms. The van der Waals surface area contributed by atoms with Gasteiger partial charge in [-0.15, -0.1) is 0 Å². The summed E-state index contributed by atoms with van der Waals surface area (Å²) in [5.74, 6) is 1.90. The Bertz CT molecular complexity index is 964. The van der Waals surface area contributed by atoms with Gasteiger partial charge in [0.25, 0.3) is 0 Å². The van der Waals surface area contributed by atoms with Crippen molar-refractivity contribution in [2.24, 2.45) is 0 Å². The predicted octanol–water partition coefficient (Wildman–Crippen LogP) is 6.64. The van der Waals surface area contributed by atoms with Gasteiger partial charge in [-0.2, -0.15) is 0 Å². The molecule has 0 spiro atoms. The third-order valence-corrected chi connectivity index (χ3v) is 5.66. The number of rotatable bonds is 6. The molecule has 2 aromatic rings. The van der Waals surface area contributed by atoms with Crippen molar-refractivity contribution in [3.05, 3.63) is 46.5 Å². The summed E-state index contributed by atoms with van der Waals surface area (Å²) in [7, 11) is -0.145. The molecule has 6 heteroatoms. The molecule has 0 heterocycles. The molecule has 0 amide bonds. The molecule has 0 saturated heterocycles. The predicted molar refractivity (Wildman–Crippen MR) is 148 cm³/mol. The fourth-order valence-corrected chi connectivity index (χ4v) is 4.88. The monoisotopic (exact) mass is 480 g/mol. The van der Waals surface area contributed by atoms with E-state index in [1.807, 2.05) is 88.3 Å². The van der Waals surface area contributed by atoms with E-state index in [1.54, 1.807) is 0 Å². The number of carbonyl (C=O) groups is 1. The summed E-state index contributed by atoms with van der Waals surface area (Å²) in [6, 6.07) is 7.89. The molecule has 0 saturated carbocycles. The van der Waals surface area contributed by atoms with Crippen molar-refractivity contribution in [1.29, 1.82) is 0 Å². The molecule has 0 radical (unpaired) electrons. The van der Waals surface area contributed by atoms with Crippen LogP contribution >= 0.6 is 8.58 Å². The van der Waals surface area contributed by atoms with Crippen molar-refractivity contribution in [3.63, 3.8) is 0 Å². The van der Waals surface area contributed by atoms with Gasteiger partial charge in [0.05, 0.1) is 5.30 Å². The zero-order valence-electron chi connectivity index (χ0n) is 22.4. The zero-order valence-corrected chi connectivity index (χ0v) is 23.4.